The van der Waals surface area contributed by atoms with E-state index < -0.39 is 0 Å². The van der Waals surface area contributed by atoms with E-state index in [9.17, 15) is 9.59 Å². The summed E-state index contributed by atoms with van der Waals surface area (Å²) in [6.45, 7) is 3.34. The van der Waals surface area contributed by atoms with Crippen molar-refractivity contribution in [2.45, 2.75) is 13.3 Å². The van der Waals surface area contributed by atoms with Gasteiger partial charge in [-0.2, -0.15) is 0 Å². The van der Waals surface area contributed by atoms with Gasteiger partial charge in [0.1, 0.15) is 11.5 Å². The number of hydrogen-bond donors (Lipinski definition) is 1. The third-order valence-electron chi connectivity index (χ3n) is 3.91. The van der Waals surface area contributed by atoms with Crippen molar-refractivity contribution in [1.29, 1.82) is 0 Å². The summed E-state index contributed by atoms with van der Waals surface area (Å²) in [5, 5.41) is 2.65. The lowest BCUT2D eigenvalue weighted by Gasteiger charge is -2.18. The van der Waals surface area contributed by atoms with E-state index in [2.05, 4.69) is 5.32 Å². The number of ether oxygens (including phenoxy) is 2. The number of benzene rings is 2. The molecule has 0 unspecified atom stereocenters. The zero-order valence-electron chi connectivity index (χ0n) is 15.8. The minimum absolute atomic E-state index is 0.0602. The van der Waals surface area contributed by atoms with Gasteiger partial charge in [0.15, 0.2) is 0 Å². The number of para-hydroxylation sites is 2. The van der Waals surface area contributed by atoms with Crippen LogP contribution in [0.1, 0.15) is 23.7 Å². The molecule has 0 fully saturated rings. The van der Waals surface area contributed by atoms with Crippen molar-refractivity contribution in [3.05, 3.63) is 60.2 Å². The van der Waals surface area contributed by atoms with Crippen LogP contribution in [0, 0.1) is 0 Å². The average Bonchev–Trinajstić information content (AvgIpc) is 2.70. The second-order valence-electron chi connectivity index (χ2n) is 5.94. The van der Waals surface area contributed by atoms with Crippen molar-refractivity contribution in [2.24, 2.45) is 0 Å². The molecule has 2 aromatic carbocycles. The van der Waals surface area contributed by atoms with E-state index in [0.717, 1.165) is 5.75 Å². The number of carbonyl (C=O) groups is 2. The third-order valence-corrected chi connectivity index (χ3v) is 3.91. The van der Waals surface area contributed by atoms with Crippen molar-refractivity contribution < 1.29 is 19.1 Å². The molecule has 6 heteroatoms. The highest BCUT2D eigenvalue weighted by Crippen LogP contribution is 2.17. The number of rotatable bonds is 10. The Balaban J connectivity index is 1.72. The molecule has 0 radical (unpaired) electrons. The van der Waals surface area contributed by atoms with E-state index >= 15 is 0 Å². The monoisotopic (exact) mass is 370 g/mol. The highest BCUT2D eigenvalue weighted by Gasteiger charge is 2.14. The first kappa shape index (κ1) is 20.3. The minimum Gasteiger partial charge on any atom is -0.494 e. The Labute approximate surface area is 160 Å². The Bertz CT molecular complexity index is 734. The summed E-state index contributed by atoms with van der Waals surface area (Å²) in [4.78, 5) is 26.1. The van der Waals surface area contributed by atoms with Crippen LogP contribution in [0.5, 0.6) is 11.5 Å². The zero-order valence-corrected chi connectivity index (χ0v) is 15.8. The lowest BCUT2D eigenvalue weighted by molar-refractivity contribution is -0.128. The van der Waals surface area contributed by atoms with Crippen LogP contribution in [0.3, 0.4) is 0 Å². The summed E-state index contributed by atoms with van der Waals surface area (Å²) in [6.07, 6.45) is 0.707. The first-order valence-electron chi connectivity index (χ1n) is 9.03. The Kier molecular flexibility index (Phi) is 8.16. The Morgan fingerprint density at radius 1 is 1.00 bits per heavy atom. The Morgan fingerprint density at radius 3 is 2.44 bits per heavy atom. The van der Waals surface area contributed by atoms with E-state index in [1.165, 1.54) is 0 Å². The van der Waals surface area contributed by atoms with Crippen LogP contribution in [0.15, 0.2) is 54.6 Å². The molecule has 0 saturated heterocycles. The maximum atomic E-state index is 12.3. The van der Waals surface area contributed by atoms with Crippen LogP contribution in [0.25, 0.3) is 0 Å². The fourth-order valence-corrected chi connectivity index (χ4v) is 2.45. The molecule has 2 rings (SSSR count). The summed E-state index contributed by atoms with van der Waals surface area (Å²) in [7, 11) is 1.71. The number of carbonyl (C=O) groups excluding carboxylic acids is 2. The van der Waals surface area contributed by atoms with Gasteiger partial charge in [-0.05, 0) is 37.6 Å². The summed E-state index contributed by atoms with van der Waals surface area (Å²) in [5.41, 5.74) is 0.422. The van der Waals surface area contributed by atoms with E-state index in [1.54, 1.807) is 36.2 Å². The summed E-state index contributed by atoms with van der Waals surface area (Å²) in [6, 6.07) is 16.5. The smallest absolute Gasteiger partial charge is 0.255 e. The molecule has 2 amide bonds. The van der Waals surface area contributed by atoms with Gasteiger partial charge in [-0.3, -0.25) is 9.59 Å². The normalized spacial score (nSPS) is 10.1. The van der Waals surface area contributed by atoms with Gasteiger partial charge in [0.25, 0.3) is 5.91 Å². The van der Waals surface area contributed by atoms with Gasteiger partial charge in [-0.25, -0.2) is 0 Å². The molecule has 0 aliphatic heterocycles. The van der Waals surface area contributed by atoms with Crippen LogP contribution in [-0.2, 0) is 4.79 Å². The lowest BCUT2D eigenvalue weighted by atomic mass is 10.2. The molecule has 2 aromatic rings. The molecule has 6 nitrogen and oxygen atoms in total. The van der Waals surface area contributed by atoms with Crippen LogP contribution in [0.2, 0.25) is 0 Å². The molecule has 0 bridgehead atoms. The number of nitrogens with one attached hydrogen (secondary N) is 1. The second kappa shape index (κ2) is 10.9. The quantitative estimate of drug-likeness (QED) is 0.653. The van der Waals surface area contributed by atoms with Gasteiger partial charge in [0, 0.05) is 13.6 Å². The number of likely N-dealkylation sites (N-methyl/N-ethyl adjacent to an activating group) is 1. The Hall–Kier alpha value is -3.02. The highest BCUT2D eigenvalue weighted by atomic mass is 16.5. The van der Waals surface area contributed by atoms with Gasteiger partial charge < -0.3 is 19.7 Å². The maximum Gasteiger partial charge on any atom is 0.255 e. The van der Waals surface area contributed by atoms with Crippen molar-refractivity contribution in [3.8, 4) is 11.5 Å². The molecule has 1 N–H and O–H groups in total. The molecule has 0 aliphatic carbocycles. The van der Waals surface area contributed by atoms with Crippen molar-refractivity contribution >= 4 is 11.8 Å². The van der Waals surface area contributed by atoms with E-state index in [0.29, 0.717) is 37.5 Å². The fourth-order valence-electron chi connectivity index (χ4n) is 2.45. The Morgan fingerprint density at radius 2 is 1.70 bits per heavy atom. The standard InChI is InChI=1S/C21H26N2O4/c1-3-26-19-13-8-7-12-18(19)21(25)22-16-20(24)23(2)14-9-15-27-17-10-5-4-6-11-17/h4-8,10-13H,3,9,14-16H2,1-2H3,(H,22,25). The van der Waals surface area contributed by atoms with Crippen LogP contribution in [-0.4, -0.2) is 50.1 Å². The number of nitrogens with zero attached hydrogens (tertiary/aromatic N) is 1. The van der Waals surface area contributed by atoms with Gasteiger partial charge in [0.2, 0.25) is 5.91 Å². The van der Waals surface area contributed by atoms with Crippen LogP contribution < -0.4 is 14.8 Å². The molecule has 0 heterocycles. The molecule has 0 atom stereocenters. The predicted octanol–water partition coefficient (Wildman–Crippen LogP) is 2.74. The van der Waals surface area contributed by atoms with Gasteiger partial charge in [-0.15, -0.1) is 0 Å². The second-order valence-corrected chi connectivity index (χ2v) is 5.94. The van der Waals surface area contributed by atoms with Crippen molar-refractivity contribution in [1.82, 2.24) is 10.2 Å². The molecular formula is C21H26N2O4. The highest BCUT2D eigenvalue weighted by molar-refractivity contribution is 5.98. The largest absolute Gasteiger partial charge is 0.494 e. The predicted molar refractivity (Wildman–Crippen MR) is 104 cm³/mol. The zero-order chi connectivity index (χ0) is 19.5. The fraction of sp³-hybridized carbons (Fsp3) is 0.333. The first-order chi connectivity index (χ1) is 13.1. The van der Waals surface area contributed by atoms with Crippen LogP contribution >= 0.6 is 0 Å². The van der Waals surface area contributed by atoms with Crippen LogP contribution in [0.4, 0.5) is 0 Å². The third kappa shape index (κ3) is 6.66. The van der Waals surface area contributed by atoms with Crippen molar-refractivity contribution in [3.63, 3.8) is 0 Å². The van der Waals surface area contributed by atoms with Crippen molar-refractivity contribution in [2.75, 3.05) is 33.4 Å². The van der Waals surface area contributed by atoms with E-state index in [4.69, 9.17) is 9.47 Å². The molecule has 27 heavy (non-hydrogen) atoms. The molecule has 0 aromatic heterocycles. The lowest BCUT2D eigenvalue weighted by Crippen LogP contribution is -2.38. The summed E-state index contributed by atoms with van der Waals surface area (Å²) in [5.74, 6) is 0.841. The molecule has 0 aliphatic rings. The SMILES string of the molecule is CCOc1ccccc1C(=O)NCC(=O)N(C)CCCOc1ccccc1. The minimum atomic E-state index is -0.326. The van der Waals surface area contributed by atoms with E-state index in [1.807, 2.05) is 37.3 Å². The maximum absolute atomic E-state index is 12.3. The van der Waals surface area contributed by atoms with E-state index in [-0.39, 0.29) is 18.4 Å². The molecular weight excluding hydrogens is 344 g/mol. The molecule has 0 spiro atoms. The number of hydrogen-bond acceptors (Lipinski definition) is 4. The summed E-state index contributed by atoms with van der Waals surface area (Å²) < 4.78 is 11.1. The molecule has 144 valence electrons. The average molecular weight is 370 g/mol. The molecule has 0 saturated carbocycles. The summed E-state index contributed by atoms with van der Waals surface area (Å²) >= 11 is 0. The topological polar surface area (TPSA) is 67.9 Å². The van der Waals surface area contributed by atoms with Gasteiger partial charge in [-0.1, -0.05) is 30.3 Å². The first-order valence-corrected chi connectivity index (χ1v) is 9.03. The van der Waals surface area contributed by atoms with Gasteiger partial charge in [0.05, 0.1) is 25.3 Å². The number of amides is 2. The van der Waals surface area contributed by atoms with Gasteiger partial charge >= 0.3 is 0 Å².